The van der Waals surface area contributed by atoms with Crippen LogP contribution in [0.15, 0.2) is 24.3 Å². The molecule has 5 nitrogen and oxygen atoms in total. The van der Waals surface area contributed by atoms with Crippen LogP contribution in [0, 0.1) is 5.92 Å². The van der Waals surface area contributed by atoms with E-state index in [0.717, 1.165) is 4.57 Å². The zero-order chi connectivity index (χ0) is 15.0. The van der Waals surface area contributed by atoms with Crippen molar-refractivity contribution in [3.05, 3.63) is 30.1 Å². The summed E-state index contributed by atoms with van der Waals surface area (Å²) in [6.07, 6.45) is 0.546. The van der Waals surface area contributed by atoms with Crippen LogP contribution in [0.2, 0.25) is 0 Å². The Morgan fingerprint density at radius 2 is 2.19 bits per heavy atom. The van der Waals surface area contributed by atoms with Gasteiger partial charge in [-0.3, -0.25) is 14.3 Å². The van der Waals surface area contributed by atoms with Crippen molar-refractivity contribution in [1.29, 1.82) is 0 Å². The Balaban J connectivity index is 1.87. The van der Waals surface area contributed by atoms with E-state index in [4.69, 9.17) is 5.11 Å². The lowest BCUT2D eigenvalue weighted by atomic mass is 10.1. The number of hydrogen-bond acceptors (Lipinski definition) is 3. The molecule has 0 amide bonds. The number of likely N-dealkylation sites (tertiary alicyclic amines) is 1. The Morgan fingerprint density at radius 1 is 1.43 bits per heavy atom. The molecule has 1 N–H and O–H groups in total. The van der Waals surface area contributed by atoms with Gasteiger partial charge < -0.3 is 5.11 Å². The first-order valence-corrected chi connectivity index (χ1v) is 6.75. The lowest BCUT2D eigenvalue weighted by Crippen LogP contribution is -2.24. The van der Waals surface area contributed by atoms with Gasteiger partial charge in [-0.25, -0.2) is 4.98 Å². The Labute approximate surface area is 119 Å². The minimum atomic E-state index is -2.66. The van der Waals surface area contributed by atoms with E-state index in [9.17, 15) is 13.6 Å². The van der Waals surface area contributed by atoms with Gasteiger partial charge in [-0.15, -0.1) is 0 Å². The number of carboxylic acid groups (broad SMARTS) is 1. The number of hydrogen-bond donors (Lipinski definition) is 1. The van der Waals surface area contributed by atoms with E-state index >= 15 is 0 Å². The SMILES string of the molecule is O=C(O)C1CCN(Cc2nc3ccccc3n2C(F)F)C1. The molecule has 0 spiro atoms. The number of imidazole rings is 1. The highest BCUT2D eigenvalue weighted by atomic mass is 19.3. The van der Waals surface area contributed by atoms with Crippen molar-refractivity contribution >= 4 is 17.0 Å². The fraction of sp³-hybridized carbons (Fsp3) is 0.429. The minimum absolute atomic E-state index is 0.239. The molecule has 0 radical (unpaired) electrons. The maximum Gasteiger partial charge on any atom is 0.320 e. The number of alkyl halides is 2. The van der Waals surface area contributed by atoms with E-state index in [2.05, 4.69) is 4.98 Å². The summed E-state index contributed by atoms with van der Waals surface area (Å²) in [5, 5.41) is 8.99. The number of aliphatic carboxylic acids is 1. The van der Waals surface area contributed by atoms with Crippen molar-refractivity contribution in [3.8, 4) is 0 Å². The van der Waals surface area contributed by atoms with Crippen LogP contribution in [0.4, 0.5) is 8.78 Å². The molecule has 7 heteroatoms. The van der Waals surface area contributed by atoms with Crippen LogP contribution < -0.4 is 0 Å². The standard InChI is InChI=1S/C14H15F2N3O2/c15-14(16)19-11-4-2-1-3-10(11)17-12(19)8-18-6-5-9(7-18)13(20)21/h1-4,9,14H,5-8H2,(H,20,21). The highest BCUT2D eigenvalue weighted by Crippen LogP contribution is 2.25. The summed E-state index contributed by atoms with van der Waals surface area (Å²) in [7, 11) is 0. The molecule has 3 rings (SSSR count). The van der Waals surface area contributed by atoms with Crippen LogP contribution in [0.5, 0.6) is 0 Å². The molecule has 2 heterocycles. The third-order valence-electron chi connectivity index (χ3n) is 3.85. The summed E-state index contributed by atoms with van der Waals surface area (Å²) in [5.41, 5.74) is 0.929. The first-order chi connectivity index (χ1) is 10.1. The monoisotopic (exact) mass is 295 g/mol. The molecule has 1 aromatic carbocycles. The second-order valence-corrected chi connectivity index (χ2v) is 5.22. The molecule has 1 aliphatic rings. The average Bonchev–Trinajstić information content (AvgIpc) is 3.02. The van der Waals surface area contributed by atoms with E-state index in [1.807, 2.05) is 4.90 Å². The zero-order valence-corrected chi connectivity index (χ0v) is 11.2. The van der Waals surface area contributed by atoms with Crippen LogP contribution in [0.3, 0.4) is 0 Å². The van der Waals surface area contributed by atoms with Gasteiger partial charge in [0, 0.05) is 6.54 Å². The highest BCUT2D eigenvalue weighted by Gasteiger charge is 2.29. The van der Waals surface area contributed by atoms with Crippen molar-refractivity contribution in [3.63, 3.8) is 0 Å². The van der Waals surface area contributed by atoms with Crippen molar-refractivity contribution < 1.29 is 18.7 Å². The summed E-state index contributed by atoms with van der Waals surface area (Å²) in [4.78, 5) is 17.1. The van der Waals surface area contributed by atoms with Gasteiger partial charge in [0.1, 0.15) is 5.82 Å². The summed E-state index contributed by atoms with van der Waals surface area (Å²) in [6, 6.07) is 6.76. The summed E-state index contributed by atoms with van der Waals surface area (Å²) < 4.78 is 27.5. The van der Waals surface area contributed by atoms with Gasteiger partial charge in [-0.2, -0.15) is 8.78 Å². The normalized spacial score (nSPS) is 19.7. The lowest BCUT2D eigenvalue weighted by molar-refractivity contribution is -0.141. The molecule has 112 valence electrons. The quantitative estimate of drug-likeness (QED) is 0.940. The zero-order valence-electron chi connectivity index (χ0n) is 11.2. The topological polar surface area (TPSA) is 58.4 Å². The molecule has 0 aliphatic carbocycles. The van der Waals surface area contributed by atoms with Gasteiger partial charge in [0.25, 0.3) is 0 Å². The van der Waals surface area contributed by atoms with Gasteiger partial charge in [-0.1, -0.05) is 12.1 Å². The van der Waals surface area contributed by atoms with E-state index in [1.54, 1.807) is 24.3 Å². The second kappa shape index (κ2) is 5.40. The summed E-state index contributed by atoms with van der Waals surface area (Å²) >= 11 is 0. The second-order valence-electron chi connectivity index (χ2n) is 5.22. The van der Waals surface area contributed by atoms with Crippen molar-refractivity contribution in [2.45, 2.75) is 19.5 Å². The maximum atomic E-state index is 13.3. The van der Waals surface area contributed by atoms with Crippen LogP contribution >= 0.6 is 0 Å². The van der Waals surface area contributed by atoms with Crippen LogP contribution in [-0.2, 0) is 11.3 Å². The maximum absolute atomic E-state index is 13.3. The number of para-hydroxylation sites is 2. The first-order valence-electron chi connectivity index (χ1n) is 6.75. The Bertz CT molecular complexity index is 671. The summed E-state index contributed by atoms with van der Waals surface area (Å²) in [5.74, 6) is -0.980. The van der Waals surface area contributed by atoms with E-state index in [1.165, 1.54) is 0 Å². The van der Waals surface area contributed by atoms with Gasteiger partial charge in [0.05, 0.1) is 23.5 Å². The molecule has 1 unspecified atom stereocenters. The highest BCUT2D eigenvalue weighted by molar-refractivity contribution is 5.76. The Morgan fingerprint density at radius 3 is 2.86 bits per heavy atom. The largest absolute Gasteiger partial charge is 0.481 e. The number of halogens is 2. The average molecular weight is 295 g/mol. The smallest absolute Gasteiger partial charge is 0.320 e. The lowest BCUT2D eigenvalue weighted by Gasteiger charge is -2.16. The molecular weight excluding hydrogens is 280 g/mol. The first kappa shape index (κ1) is 13.9. The van der Waals surface area contributed by atoms with E-state index in [-0.39, 0.29) is 12.4 Å². The minimum Gasteiger partial charge on any atom is -0.481 e. The van der Waals surface area contributed by atoms with Gasteiger partial charge in [0.15, 0.2) is 0 Å². The van der Waals surface area contributed by atoms with E-state index in [0.29, 0.717) is 30.5 Å². The fourth-order valence-electron chi connectivity index (χ4n) is 2.80. The molecule has 2 aromatic rings. The number of aromatic nitrogens is 2. The molecular formula is C14H15F2N3O2. The van der Waals surface area contributed by atoms with Gasteiger partial charge >= 0.3 is 12.5 Å². The number of benzene rings is 1. The molecule has 1 aromatic heterocycles. The van der Waals surface area contributed by atoms with Gasteiger partial charge in [-0.05, 0) is 25.1 Å². The molecule has 21 heavy (non-hydrogen) atoms. The molecule has 1 atom stereocenters. The number of carboxylic acids is 1. The molecule has 0 saturated carbocycles. The van der Waals surface area contributed by atoms with Gasteiger partial charge in [0.2, 0.25) is 0 Å². The predicted molar refractivity (Wildman–Crippen MR) is 72.0 cm³/mol. The van der Waals surface area contributed by atoms with E-state index < -0.39 is 18.4 Å². The Kier molecular flexibility index (Phi) is 3.59. The predicted octanol–water partition coefficient (Wildman–Crippen LogP) is 2.34. The third kappa shape index (κ3) is 2.61. The van der Waals surface area contributed by atoms with Crippen molar-refractivity contribution in [2.75, 3.05) is 13.1 Å². The number of fused-ring (bicyclic) bond motifs is 1. The molecule has 1 aliphatic heterocycles. The van der Waals surface area contributed by atoms with Crippen LogP contribution in [0.1, 0.15) is 18.8 Å². The Hall–Kier alpha value is -2.02. The van der Waals surface area contributed by atoms with Crippen molar-refractivity contribution in [1.82, 2.24) is 14.5 Å². The van der Waals surface area contributed by atoms with Crippen LogP contribution in [-0.4, -0.2) is 38.6 Å². The van der Waals surface area contributed by atoms with Crippen molar-refractivity contribution in [2.24, 2.45) is 5.92 Å². The third-order valence-corrected chi connectivity index (χ3v) is 3.85. The fourth-order valence-corrected chi connectivity index (χ4v) is 2.80. The number of carbonyl (C=O) groups is 1. The summed E-state index contributed by atoms with van der Waals surface area (Å²) in [6.45, 7) is -1.46. The van der Waals surface area contributed by atoms with Crippen LogP contribution in [0.25, 0.3) is 11.0 Å². The molecule has 1 saturated heterocycles. The molecule has 0 bridgehead atoms. The number of nitrogens with zero attached hydrogens (tertiary/aromatic N) is 3. The molecule has 1 fully saturated rings. The number of rotatable bonds is 4.